The molecule has 0 aromatic heterocycles. The molecule has 0 spiro atoms. The number of unbranched alkanes of at least 4 members (excludes halogenated alkanes) is 13. The Hall–Kier alpha value is -0.560. The summed E-state index contributed by atoms with van der Waals surface area (Å²) in [4.78, 5) is 2.38. The van der Waals surface area contributed by atoms with Crippen LogP contribution in [-0.2, 0) is 0 Å². The molecule has 0 heterocycles. The standard InChI is InChI=1S/C26H51N/c1-5-7-9-11-12-13-14-15-16-17-18-19-20-21-23-25-26(27(3)4)24-22-10-8-6-2/h12-13,22,24,26H,5-11,14-21,23,25H2,1-4H3. The smallest absolute Gasteiger partial charge is 0.0272 e. The van der Waals surface area contributed by atoms with Gasteiger partial charge in [0.15, 0.2) is 0 Å². The van der Waals surface area contributed by atoms with Gasteiger partial charge >= 0.3 is 0 Å². The normalized spacial score (nSPS) is 13.4. The van der Waals surface area contributed by atoms with E-state index >= 15 is 0 Å². The highest BCUT2D eigenvalue weighted by Crippen LogP contribution is 2.14. The Kier molecular flexibility index (Phi) is 21.3. The van der Waals surface area contributed by atoms with Crippen LogP contribution < -0.4 is 0 Å². The SMILES string of the molecule is CCCCC=CC(CCCCCCCCCCC=CCCCCC)N(C)C. The lowest BCUT2D eigenvalue weighted by Crippen LogP contribution is -2.25. The number of nitrogens with zero attached hydrogens (tertiary/aromatic N) is 1. The zero-order chi connectivity index (χ0) is 20.0. The van der Waals surface area contributed by atoms with Gasteiger partial charge in [-0.1, -0.05) is 109 Å². The van der Waals surface area contributed by atoms with Crippen molar-refractivity contribution in [2.75, 3.05) is 14.1 Å². The van der Waals surface area contributed by atoms with Crippen LogP contribution in [0.15, 0.2) is 24.3 Å². The van der Waals surface area contributed by atoms with Crippen LogP contribution in [0.3, 0.4) is 0 Å². The van der Waals surface area contributed by atoms with Gasteiger partial charge in [0.25, 0.3) is 0 Å². The minimum Gasteiger partial charge on any atom is -0.303 e. The van der Waals surface area contributed by atoms with Crippen molar-refractivity contribution in [2.24, 2.45) is 0 Å². The monoisotopic (exact) mass is 377 g/mol. The maximum atomic E-state index is 2.44. The van der Waals surface area contributed by atoms with E-state index in [1.807, 2.05) is 0 Å². The molecule has 0 radical (unpaired) electrons. The highest BCUT2D eigenvalue weighted by Gasteiger charge is 2.06. The fourth-order valence-electron chi connectivity index (χ4n) is 3.53. The lowest BCUT2D eigenvalue weighted by Gasteiger charge is -2.21. The number of likely N-dealkylation sites (N-methyl/N-ethyl adjacent to an activating group) is 1. The highest BCUT2D eigenvalue weighted by atomic mass is 15.1. The van der Waals surface area contributed by atoms with Gasteiger partial charge in [0, 0.05) is 6.04 Å². The van der Waals surface area contributed by atoms with Gasteiger partial charge in [0.1, 0.15) is 0 Å². The molecule has 1 nitrogen and oxygen atoms in total. The first-order valence-corrected chi connectivity index (χ1v) is 12.2. The molecule has 0 aliphatic carbocycles. The second-order valence-electron chi connectivity index (χ2n) is 8.47. The van der Waals surface area contributed by atoms with Crippen LogP contribution in [0, 0.1) is 0 Å². The van der Waals surface area contributed by atoms with Gasteiger partial charge in [-0.3, -0.25) is 0 Å². The number of hydrogen-bond donors (Lipinski definition) is 0. The zero-order valence-electron chi connectivity index (χ0n) is 19.4. The van der Waals surface area contributed by atoms with E-state index in [2.05, 4.69) is 57.1 Å². The Morgan fingerprint density at radius 2 is 1.04 bits per heavy atom. The fraction of sp³-hybridized carbons (Fsp3) is 0.846. The number of allylic oxidation sites excluding steroid dienone is 3. The third-order valence-corrected chi connectivity index (χ3v) is 5.51. The Morgan fingerprint density at radius 3 is 1.59 bits per heavy atom. The molecule has 0 rings (SSSR count). The molecule has 0 aromatic rings. The molecule has 0 aromatic carbocycles. The largest absolute Gasteiger partial charge is 0.303 e. The first-order valence-electron chi connectivity index (χ1n) is 12.2. The molecular formula is C26H51N. The molecule has 0 amide bonds. The molecular weight excluding hydrogens is 326 g/mol. The van der Waals surface area contributed by atoms with E-state index in [4.69, 9.17) is 0 Å². The summed E-state index contributed by atoms with van der Waals surface area (Å²) in [6.07, 6.45) is 32.8. The number of hydrogen-bond acceptors (Lipinski definition) is 1. The van der Waals surface area contributed by atoms with Crippen LogP contribution in [0.2, 0.25) is 0 Å². The van der Waals surface area contributed by atoms with Crippen LogP contribution in [0.25, 0.3) is 0 Å². The fourth-order valence-corrected chi connectivity index (χ4v) is 3.53. The molecule has 1 heteroatoms. The van der Waals surface area contributed by atoms with Crippen LogP contribution in [0.1, 0.15) is 123 Å². The lowest BCUT2D eigenvalue weighted by molar-refractivity contribution is 0.319. The average Bonchev–Trinajstić information content (AvgIpc) is 2.66. The summed E-state index contributed by atoms with van der Waals surface area (Å²) in [5, 5.41) is 0. The van der Waals surface area contributed by atoms with Crippen molar-refractivity contribution in [1.82, 2.24) is 4.90 Å². The summed E-state index contributed by atoms with van der Waals surface area (Å²) < 4.78 is 0. The van der Waals surface area contributed by atoms with Gasteiger partial charge < -0.3 is 4.90 Å². The van der Waals surface area contributed by atoms with Crippen molar-refractivity contribution >= 4 is 0 Å². The molecule has 0 fully saturated rings. The van der Waals surface area contributed by atoms with E-state index in [-0.39, 0.29) is 0 Å². The van der Waals surface area contributed by atoms with Gasteiger partial charge in [-0.2, -0.15) is 0 Å². The van der Waals surface area contributed by atoms with Crippen molar-refractivity contribution in [3.63, 3.8) is 0 Å². The molecule has 1 atom stereocenters. The third kappa shape index (κ3) is 20.0. The van der Waals surface area contributed by atoms with Crippen molar-refractivity contribution in [3.8, 4) is 0 Å². The van der Waals surface area contributed by atoms with E-state index < -0.39 is 0 Å². The predicted molar refractivity (Wildman–Crippen MR) is 126 cm³/mol. The van der Waals surface area contributed by atoms with Gasteiger partial charge in [0.2, 0.25) is 0 Å². The Morgan fingerprint density at radius 1 is 0.556 bits per heavy atom. The molecule has 0 aliphatic heterocycles. The minimum atomic E-state index is 0.636. The maximum Gasteiger partial charge on any atom is 0.0272 e. The van der Waals surface area contributed by atoms with E-state index in [1.165, 1.54) is 109 Å². The summed E-state index contributed by atoms with van der Waals surface area (Å²) in [7, 11) is 4.43. The molecule has 27 heavy (non-hydrogen) atoms. The van der Waals surface area contributed by atoms with Crippen LogP contribution >= 0.6 is 0 Å². The van der Waals surface area contributed by atoms with Crippen LogP contribution in [-0.4, -0.2) is 25.0 Å². The molecule has 0 saturated heterocycles. The van der Waals surface area contributed by atoms with E-state index in [0.29, 0.717) is 6.04 Å². The van der Waals surface area contributed by atoms with Gasteiger partial charge in [-0.05, 0) is 52.6 Å². The summed E-state index contributed by atoms with van der Waals surface area (Å²) in [5.41, 5.74) is 0. The summed E-state index contributed by atoms with van der Waals surface area (Å²) >= 11 is 0. The van der Waals surface area contributed by atoms with Crippen molar-refractivity contribution < 1.29 is 0 Å². The van der Waals surface area contributed by atoms with E-state index in [1.54, 1.807) is 0 Å². The quantitative estimate of drug-likeness (QED) is 0.151. The van der Waals surface area contributed by atoms with Gasteiger partial charge in [0.05, 0.1) is 0 Å². The first kappa shape index (κ1) is 26.4. The average molecular weight is 378 g/mol. The Labute approximate surface area is 172 Å². The zero-order valence-corrected chi connectivity index (χ0v) is 19.4. The highest BCUT2D eigenvalue weighted by molar-refractivity contribution is 4.93. The molecule has 0 N–H and O–H groups in total. The predicted octanol–water partition coefficient (Wildman–Crippen LogP) is 8.70. The van der Waals surface area contributed by atoms with Crippen molar-refractivity contribution in [3.05, 3.63) is 24.3 Å². The second kappa shape index (κ2) is 21.7. The minimum absolute atomic E-state index is 0.636. The Balaban J connectivity index is 3.43. The summed E-state index contributed by atoms with van der Waals surface area (Å²) in [6.45, 7) is 4.54. The first-order chi connectivity index (χ1) is 13.2. The lowest BCUT2D eigenvalue weighted by atomic mass is 10.0. The van der Waals surface area contributed by atoms with Gasteiger partial charge in [-0.25, -0.2) is 0 Å². The summed E-state index contributed by atoms with van der Waals surface area (Å²) in [6, 6.07) is 0.636. The van der Waals surface area contributed by atoms with Crippen molar-refractivity contribution in [1.29, 1.82) is 0 Å². The third-order valence-electron chi connectivity index (χ3n) is 5.51. The molecule has 0 bridgehead atoms. The molecule has 160 valence electrons. The Bertz CT molecular complexity index is 329. The van der Waals surface area contributed by atoms with Crippen molar-refractivity contribution in [2.45, 2.75) is 129 Å². The molecule has 1 unspecified atom stereocenters. The van der Waals surface area contributed by atoms with Crippen LogP contribution in [0.4, 0.5) is 0 Å². The summed E-state index contributed by atoms with van der Waals surface area (Å²) in [5.74, 6) is 0. The molecule has 0 aliphatic rings. The van der Waals surface area contributed by atoms with Crippen LogP contribution in [0.5, 0.6) is 0 Å². The maximum absolute atomic E-state index is 2.44. The number of rotatable bonds is 20. The van der Waals surface area contributed by atoms with E-state index in [9.17, 15) is 0 Å². The molecule has 0 saturated carbocycles. The topological polar surface area (TPSA) is 3.24 Å². The van der Waals surface area contributed by atoms with E-state index in [0.717, 1.165) is 0 Å². The van der Waals surface area contributed by atoms with Gasteiger partial charge in [-0.15, -0.1) is 0 Å². The second-order valence-corrected chi connectivity index (χ2v) is 8.47.